The highest BCUT2D eigenvalue weighted by atomic mass is 79.9. The van der Waals surface area contributed by atoms with E-state index in [1.807, 2.05) is 17.0 Å². The zero-order valence-corrected chi connectivity index (χ0v) is 17.3. The van der Waals surface area contributed by atoms with Gasteiger partial charge in [-0.15, -0.1) is 0 Å². The summed E-state index contributed by atoms with van der Waals surface area (Å²) >= 11 is 3.43. The maximum atomic E-state index is 13.3. The number of carbonyl (C=O) groups is 1. The van der Waals surface area contributed by atoms with Gasteiger partial charge in [0, 0.05) is 17.5 Å². The smallest absolute Gasteiger partial charge is 0.256 e. The van der Waals surface area contributed by atoms with Crippen LogP contribution in [0.2, 0.25) is 0 Å². The summed E-state index contributed by atoms with van der Waals surface area (Å²) in [5.74, 6) is 1.01. The highest BCUT2D eigenvalue weighted by molar-refractivity contribution is 9.10. The van der Waals surface area contributed by atoms with E-state index in [2.05, 4.69) is 22.9 Å². The Labute approximate surface area is 168 Å². The van der Waals surface area contributed by atoms with Crippen LogP contribution in [0.1, 0.15) is 72.7 Å². The van der Waals surface area contributed by atoms with Crippen LogP contribution in [0, 0.1) is 0 Å². The lowest BCUT2D eigenvalue weighted by Crippen LogP contribution is -2.40. The largest absolute Gasteiger partial charge is 0.377 e. The minimum Gasteiger partial charge on any atom is -0.377 e. The van der Waals surface area contributed by atoms with Gasteiger partial charge >= 0.3 is 0 Å². The summed E-state index contributed by atoms with van der Waals surface area (Å²) in [6.45, 7) is 2.74. The van der Waals surface area contributed by atoms with E-state index < -0.39 is 12.1 Å². The number of hydrogen-bond donors (Lipinski definition) is 0. The SMILES string of the molecule is [2H]C([2H])(OCC)c1cc(CN2C(=O)C3(CCCC3)N=C2CCCC)ccc1Br. The molecular formula is C21H29BrN2O2. The Morgan fingerprint density at radius 2 is 2.12 bits per heavy atom. The van der Waals surface area contributed by atoms with Crippen molar-refractivity contribution in [1.82, 2.24) is 4.90 Å². The maximum absolute atomic E-state index is 13.3. The average molecular weight is 423 g/mol. The van der Waals surface area contributed by atoms with E-state index in [1.165, 1.54) is 0 Å². The van der Waals surface area contributed by atoms with Crippen LogP contribution in [-0.4, -0.2) is 28.8 Å². The third-order valence-electron chi connectivity index (χ3n) is 5.18. The van der Waals surface area contributed by atoms with E-state index in [9.17, 15) is 4.79 Å². The number of amidine groups is 1. The molecule has 1 aromatic carbocycles. The van der Waals surface area contributed by atoms with Gasteiger partial charge in [-0.05, 0) is 43.4 Å². The Bertz CT molecular complexity index is 761. The first kappa shape index (κ1) is 16.9. The molecular weight excluding hydrogens is 392 g/mol. The number of amides is 1. The molecule has 1 aromatic rings. The molecule has 0 aromatic heterocycles. The Morgan fingerprint density at radius 1 is 1.35 bits per heavy atom. The molecule has 142 valence electrons. The monoisotopic (exact) mass is 422 g/mol. The van der Waals surface area contributed by atoms with Gasteiger partial charge in [0.05, 0.1) is 15.8 Å². The summed E-state index contributed by atoms with van der Waals surface area (Å²) in [6, 6.07) is 5.56. The summed E-state index contributed by atoms with van der Waals surface area (Å²) in [5, 5.41) is 0. The number of hydrogen-bond acceptors (Lipinski definition) is 3. The summed E-state index contributed by atoms with van der Waals surface area (Å²) in [4.78, 5) is 20.0. The third kappa shape index (κ3) is 4.04. The van der Waals surface area contributed by atoms with Crippen molar-refractivity contribution in [2.24, 2.45) is 4.99 Å². The number of carbonyl (C=O) groups excluding carboxylic acids is 1. The van der Waals surface area contributed by atoms with Gasteiger partial charge in [-0.2, -0.15) is 0 Å². The van der Waals surface area contributed by atoms with E-state index in [0.29, 0.717) is 16.6 Å². The summed E-state index contributed by atoms with van der Waals surface area (Å²) in [7, 11) is 0. The van der Waals surface area contributed by atoms with Crippen molar-refractivity contribution in [3.05, 3.63) is 33.8 Å². The topological polar surface area (TPSA) is 41.9 Å². The van der Waals surface area contributed by atoms with Crippen LogP contribution < -0.4 is 0 Å². The van der Waals surface area contributed by atoms with Crippen LogP contribution in [-0.2, 0) is 22.6 Å². The van der Waals surface area contributed by atoms with Gasteiger partial charge in [-0.3, -0.25) is 14.7 Å². The number of unbranched alkanes of at least 4 members (excludes halogenated alkanes) is 1. The molecule has 1 saturated carbocycles. The normalized spacial score (nSPS) is 20.5. The second-order valence-electron chi connectivity index (χ2n) is 7.11. The number of ether oxygens (including phenoxy) is 1. The standard InChI is InChI=1S/C21H29BrN2O2/c1-3-5-8-19-23-21(11-6-7-12-21)20(25)24(19)14-16-9-10-18(22)17(13-16)15-26-4-2/h9-10,13H,3-8,11-12,14-15H2,1-2H3/i15D2. The highest BCUT2D eigenvalue weighted by Crippen LogP contribution is 2.40. The van der Waals surface area contributed by atoms with Gasteiger partial charge in [0.15, 0.2) is 0 Å². The Morgan fingerprint density at radius 3 is 2.81 bits per heavy atom. The highest BCUT2D eigenvalue weighted by Gasteiger charge is 2.49. The van der Waals surface area contributed by atoms with E-state index in [0.717, 1.165) is 56.3 Å². The molecule has 0 bridgehead atoms. The molecule has 3 rings (SSSR count). The van der Waals surface area contributed by atoms with Crippen molar-refractivity contribution in [3.63, 3.8) is 0 Å². The minimum atomic E-state index is -1.88. The molecule has 1 amide bonds. The molecule has 4 nitrogen and oxygen atoms in total. The molecule has 1 heterocycles. The van der Waals surface area contributed by atoms with Crippen molar-refractivity contribution in [2.45, 2.75) is 77.4 Å². The predicted molar refractivity (Wildman–Crippen MR) is 108 cm³/mol. The fourth-order valence-electron chi connectivity index (χ4n) is 3.78. The van der Waals surface area contributed by atoms with Gasteiger partial charge < -0.3 is 4.74 Å². The van der Waals surface area contributed by atoms with Crippen molar-refractivity contribution in [1.29, 1.82) is 0 Å². The zero-order chi connectivity index (χ0) is 20.4. The van der Waals surface area contributed by atoms with E-state index in [4.69, 9.17) is 12.5 Å². The van der Waals surface area contributed by atoms with Crippen LogP contribution in [0.15, 0.2) is 27.7 Å². The van der Waals surface area contributed by atoms with Gasteiger partial charge in [0.1, 0.15) is 11.4 Å². The second-order valence-corrected chi connectivity index (χ2v) is 7.97. The fraction of sp³-hybridized carbons (Fsp3) is 0.619. The van der Waals surface area contributed by atoms with Gasteiger partial charge in [-0.1, -0.05) is 54.2 Å². The number of aliphatic imine (C=N–C) groups is 1. The van der Waals surface area contributed by atoms with E-state index >= 15 is 0 Å². The molecule has 0 unspecified atom stereocenters. The minimum absolute atomic E-state index is 0.119. The van der Waals surface area contributed by atoms with Crippen molar-refractivity contribution in [3.8, 4) is 0 Å². The lowest BCUT2D eigenvalue weighted by molar-refractivity contribution is -0.131. The number of benzene rings is 1. The van der Waals surface area contributed by atoms with Crippen LogP contribution in [0.25, 0.3) is 0 Å². The molecule has 5 heteroatoms. The molecule has 0 N–H and O–H groups in total. The van der Waals surface area contributed by atoms with Gasteiger partial charge in [0.2, 0.25) is 0 Å². The molecule has 2 aliphatic rings. The first-order valence-corrected chi connectivity index (χ1v) is 10.5. The average Bonchev–Trinajstić information content (AvgIpc) is 3.22. The van der Waals surface area contributed by atoms with Gasteiger partial charge in [0.25, 0.3) is 5.91 Å². The lowest BCUT2D eigenvalue weighted by Gasteiger charge is -2.23. The van der Waals surface area contributed by atoms with Crippen LogP contribution in [0.3, 0.4) is 0 Å². The Hall–Kier alpha value is -1.20. The van der Waals surface area contributed by atoms with E-state index in [-0.39, 0.29) is 12.5 Å². The molecule has 1 aliphatic heterocycles. The number of halogens is 1. The Balaban J connectivity index is 1.87. The molecule has 0 atom stereocenters. The summed E-state index contributed by atoms with van der Waals surface area (Å²) in [6.07, 6.45) is 6.69. The molecule has 1 aliphatic carbocycles. The zero-order valence-electron chi connectivity index (χ0n) is 17.7. The quantitative estimate of drug-likeness (QED) is 0.575. The van der Waals surface area contributed by atoms with Gasteiger partial charge in [-0.25, -0.2) is 0 Å². The maximum Gasteiger partial charge on any atom is 0.256 e. The van der Waals surface area contributed by atoms with E-state index in [1.54, 1.807) is 13.0 Å². The second kappa shape index (κ2) is 8.66. The number of rotatable bonds is 8. The summed E-state index contributed by atoms with van der Waals surface area (Å²) < 4.78 is 22.4. The fourth-order valence-corrected chi connectivity index (χ4v) is 4.11. The molecule has 26 heavy (non-hydrogen) atoms. The van der Waals surface area contributed by atoms with Crippen molar-refractivity contribution in [2.75, 3.05) is 6.61 Å². The van der Waals surface area contributed by atoms with Crippen LogP contribution in [0.5, 0.6) is 0 Å². The predicted octanol–water partition coefficient (Wildman–Crippen LogP) is 5.23. The molecule has 0 radical (unpaired) electrons. The van der Waals surface area contributed by atoms with Crippen LogP contribution in [0.4, 0.5) is 0 Å². The number of nitrogens with zero attached hydrogens (tertiary/aromatic N) is 2. The first-order valence-electron chi connectivity index (χ1n) is 10.7. The Kier molecular flexibility index (Phi) is 5.64. The van der Waals surface area contributed by atoms with Crippen molar-refractivity contribution >= 4 is 27.7 Å². The third-order valence-corrected chi connectivity index (χ3v) is 5.87. The van der Waals surface area contributed by atoms with Crippen molar-refractivity contribution < 1.29 is 12.3 Å². The molecule has 1 spiro atoms. The van der Waals surface area contributed by atoms with Crippen LogP contribution >= 0.6 is 15.9 Å². The summed E-state index contributed by atoms with van der Waals surface area (Å²) in [5.41, 5.74) is 0.789. The molecule has 1 fully saturated rings. The lowest BCUT2D eigenvalue weighted by atomic mass is 9.98. The molecule has 0 saturated heterocycles. The first-order chi connectivity index (χ1) is 13.3.